The van der Waals surface area contributed by atoms with Crippen molar-refractivity contribution in [1.29, 1.82) is 0 Å². The molecule has 2 heterocycles. The van der Waals surface area contributed by atoms with Crippen LogP contribution in [0.15, 0.2) is 36.7 Å². The highest BCUT2D eigenvalue weighted by molar-refractivity contribution is 5.39. The third-order valence-corrected chi connectivity index (χ3v) is 3.10. The lowest BCUT2D eigenvalue weighted by Crippen LogP contribution is -2.03. The molecule has 0 aliphatic carbocycles. The summed E-state index contributed by atoms with van der Waals surface area (Å²) in [5.41, 5.74) is 8.33. The van der Waals surface area contributed by atoms with Gasteiger partial charge in [-0.05, 0) is 18.4 Å². The van der Waals surface area contributed by atoms with E-state index in [9.17, 15) is 0 Å². The van der Waals surface area contributed by atoms with Crippen LogP contribution in [-0.4, -0.2) is 9.55 Å². The Morgan fingerprint density at radius 1 is 1.27 bits per heavy atom. The van der Waals surface area contributed by atoms with Crippen LogP contribution >= 0.6 is 0 Å². The van der Waals surface area contributed by atoms with Gasteiger partial charge in [0.15, 0.2) is 0 Å². The highest BCUT2D eigenvalue weighted by atomic mass is 15.1. The number of aromatic nitrogens is 2. The first-order valence-corrected chi connectivity index (χ1v) is 5.22. The molecule has 0 saturated carbocycles. The predicted molar refractivity (Wildman–Crippen MR) is 59.5 cm³/mol. The monoisotopic (exact) mass is 199 g/mol. The number of nitrogens with two attached hydrogens (primary N) is 1. The molecule has 15 heavy (non-hydrogen) atoms. The third-order valence-electron chi connectivity index (χ3n) is 3.10. The predicted octanol–water partition coefficient (Wildman–Crippen LogP) is 2.00. The van der Waals surface area contributed by atoms with E-state index in [-0.39, 0.29) is 0 Å². The number of fused-ring (bicyclic) bond motifs is 1. The SMILES string of the molecule is Nc1ncn2c1CCC2c1ccccc1. The minimum Gasteiger partial charge on any atom is -0.382 e. The van der Waals surface area contributed by atoms with Crippen LogP contribution in [0, 0.1) is 0 Å². The van der Waals surface area contributed by atoms with Crippen molar-refractivity contribution >= 4 is 5.82 Å². The minimum absolute atomic E-state index is 0.422. The summed E-state index contributed by atoms with van der Waals surface area (Å²) in [6, 6.07) is 10.9. The number of anilines is 1. The topological polar surface area (TPSA) is 43.8 Å². The lowest BCUT2D eigenvalue weighted by atomic mass is 10.1. The maximum atomic E-state index is 5.80. The van der Waals surface area contributed by atoms with Crippen LogP contribution in [0.3, 0.4) is 0 Å². The molecule has 0 bridgehead atoms. The van der Waals surface area contributed by atoms with Crippen molar-refractivity contribution in [3.63, 3.8) is 0 Å². The van der Waals surface area contributed by atoms with E-state index in [1.54, 1.807) is 0 Å². The van der Waals surface area contributed by atoms with E-state index in [0.717, 1.165) is 12.8 Å². The van der Waals surface area contributed by atoms with Crippen molar-refractivity contribution in [2.75, 3.05) is 5.73 Å². The van der Waals surface area contributed by atoms with Gasteiger partial charge in [0, 0.05) is 0 Å². The van der Waals surface area contributed by atoms with E-state index in [4.69, 9.17) is 5.73 Å². The second kappa shape index (κ2) is 3.12. The Morgan fingerprint density at radius 3 is 2.87 bits per heavy atom. The normalized spacial score (nSPS) is 19.1. The van der Waals surface area contributed by atoms with Crippen LogP contribution in [0.25, 0.3) is 0 Å². The number of hydrogen-bond donors (Lipinski definition) is 1. The average molecular weight is 199 g/mol. The molecule has 0 radical (unpaired) electrons. The van der Waals surface area contributed by atoms with Gasteiger partial charge in [0.25, 0.3) is 0 Å². The molecule has 3 heteroatoms. The van der Waals surface area contributed by atoms with Gasteiger partial charge in [-0.25, -0.2) is 4.98 Å². The molecule has 2 N–H and O–H groups in total. The fourth-order valence-electron chi connectivity index (χ4n) is 2.34. The summed E-state index contributed by atoms with van der Waals surface area (Å²) in [6.07, 6.45) is 4.02. The number of rotatable bonds is 1. The molecule has 1 unspecified atom stereocenters. The molecule has 76 valence electrons. The van der Waals surface area contributed by atoms with Gasteiger partial charge in [0.1, 0.15) is 5.82 Å². The van der Waals surface area contributed by atoms with Crippen LogP contribution in [0.2, 0.25) is 0 Å². The first-order valence-electron chi connectivity index (χ1n) is 5.22. The molecule has 1 atom stereocenters. The van der Waals surface area contributed by atoms with Gasteiger partial charge in [-0.1, -0.05) is 30.3 Å². The van der Waals surface area contributed by atoms with Gasteiger partial charge in [0.2, 0.25) is 0 Å². The van der Waals surface area contributed by atoms with Crippen LogP contribution in [0.4, 0.5) is 5.82 Å². The van der Waals surface area contributed by atoms with Gasteiger partial charge >= 0.3 is 0 Å². The summed E-state index contributed by atoms with van der Waals surface area (Å²) >= 11 is 0. The molecule has 2 aromatic rings. The molecule has 0 spiro atoms. The van der Waals surface area contributed by atoms with Crippen LogP contribution in [0.5, 0.6) is 0 Å². The van der Waals surface area contributed by atoms with E-state index in [1.165, 1.54) is 11.3 Å². The Kier molecular flexibility index (Phi) is 1.78. The number of imidazole rings is 1. The van der Waals surface area contributed by atoms with Crippen molar-refractivity contribution in [3.8, 4) is 0 Å². The largest absolute Gasteiger partial charge is 0.382 e. The molecule has 1 aliphatic heterocycles. The quantitative estimate of drug-likeness (QED) is 0.763. The lowest BCUT2D eigenvalue weighted by Gasteiger charge is -2.12. The van der Waals surface area contributed by atoms with Gasteiger partial charge in [-0.3, -0.25) is 0 Å². The summed E-state index contributed by atoms with van der Waals surface area (Å²) in [7, 11) is 0. The van der Waals surface area contributed by atoms with Crippen LogP contribution in [0.1, 0.15) is 23.7 Å². The van der Waals surface area contributed by atoms with E-state index < -0.39 is 0 Å². The van der Waals surface area contributed by atoms with E-state index in [2.05, 4.69) is 33.8 Å². The average Bonchev–Trinajstić information content (AvgIpc) is 2.83. The molecular formula is C12H13N3. The summed E-state index contributed by atoms with van der Waals surface area (Å²) in [6.45, 7) is 0. The summed E-state index contributed by atoms with van der Waals surface area (Å²) < 4.78 is 2.20. The molecule has 3 nitrogen and oxygen atoms in total. The number of nitrogens with zero attached hydrogens (tertiary/aromatic N) is 2. The Bertz CT molecular complexity index is 473. The minimum atomic E-state index is 0.422. The highest BCUT2D eigenvalue weighted by Gasteiger charge is 2.25. The Labute approximate surface area is 88.6 Å². The molecule has 1 aromatic heterocycles. The maximum absolute atomic E-state index is 5.80. The summed E-state index contributed by atoms with van der Waals surface area (Å²) in [4.78, 5) is 4.15. The molecule has 1 aromatic carbocycles. The van der Waals surface area contributed by atoms with Gasteiger partial charge in [0.05, 0.1) is 18.1 Å². The van der Waals surface area contributed by atoms with Crippen molar-refractivity contribution in [2.45, 2.75) is 18.9 Å². The third kappa shape index (κ3) is 1.23. The van der Waals surface area contributed by atoms with Crippen LogP contribution in [-0.2, 0) is 6.42 Å². The molecule has 3 rings (SSSR count). The number of benzene rings is 1. The smallest absolute Gasteiger partial charge is 0.144 e. The molecule has 0 fully saturated rings. The van der Waals surface area contributed by atoms with E-state index in [0.29, 0.717) is 11.9 Å². The summed E-state index contributed by atoms with van der Waals surface area (Å²) in [5, 5.41) is 0. The fraction of sp³-hybridized carbons (Fsp3) is 0.250. The van der Waals surface area contributed by atoms with Crippen molar-refractivity contribution in [3.05, 3.63) is 47.9 Å². The zero-order valence-electron chi connectivity index (χ0n) is 8.43. The van der Waals surface area contributed by atoms with E-state index in [1.807, 2.05) is 12.4 Å². The zero-order chi connectivity index (χ0) is 10.3. The zero-order valence-corrected chi connectivity index (χ0v) is 8.43. The first-order chi connectivity index (χ1) is 7.36. The maximum Gasteiger partial charge on any atom is 0.144 e. The molecule has 0 saturated heterocycles. The second-order valence-corrected chi connectivity index (χ2v) is 3.95. The molecular weight excluding hydrogens is 186 g/mol. The molecule has 1 aliphatic rings. The first kappa shape index (κ1) is 8.53. The van der Waals surface area contributed by atoms with E-state index >= 15 is 0 Å². The number of nitrogen functional groups attached to an aromatic ring is 1. The lowest BCUT2D eigenvalue weighted by molar-refractivity contribution is 0.616. The van der Waals surface area contributed by atoms with Gasteiger partial charge in [-0.2, -0.15) is 0 Å². The van der Waals surface area contributed by atoms with Crippen molar-refractivity contribution in [2.24, 2.45) is 0 Å². The number of hydrogen-bond acceptors (Lipinski definition) is 2. The van der Waals surface area contributed by atoms with Crippen LogP contribution < -0.4 is 5.73 Å². The second-order valence-electron chi connectivity index (χ2n) is 3.95. The standard InChI is InChI=1S/C12H13N3/c13-12-11-7-6-10(15(11)8-14-12)9-4-2-1-3-5-9/h1-5,8,10H,6-7,13H2. The Hall–Kier alpha value is -1.77. The summed E-state index contributed by atoms with van der Waals surface area (Å²) in [5.74, 6) is 0.688. The molecule has 0 amide bonds. The Morgan fingerprint density at radius 2 is 2.07 bits per heavy atom. The van der Waals surface area contributed by atoms with Gasteiger partial charge < -0.3 is 10.3 Å². The fourth-order valence-corrected chi connectivity index (χ4v) is 2.34. The van der Waals surface area contributed by atoms with Crippen molar-refractivity contribution in [1.82, 2.24) is 9.55 Å². The van der Waals surface area contributed by atoms with Gasteiger partial charge in [-0.15, -0.1) is 0 Å². The van der Waals surface area contributed by atoms with Crippen molar-refractivity contribution < 1.29 is 0 Å². The Balaban J connectivity index is 2.04. The highest BCUT2D eigenvalue weighted by Crippen LogP contribution is 2.33.